The molecule has 20 heavy (non-hydrogen) atoms. The van der Waals surface area contributed by atoms with E-state index in [2.05, 4.69) is 10.6 Å². The van der Waals surface area contributed by atoms with Crippen LogP contribution in [-0.4, -0.2) is 25.0 Å². The van der Waals surface area contributed by atoms with Gasteiger partial charge in [-0.2, -0.15) is 13.2 Å². The predicted octanol–water partition coefficient (Wildman–Crippen LogP) is 1.97. The Morgan fingerprint density at radius 2 is 2.00 bits per heavy atom. The van der Waals surface area contributed by atoms with Gasteiger partial charge in [0.25, 0.3) is 0 Å². The summed E-state index contributed by atoms with van der Waals surface area (Å²) in [5.41, 5.74) is 3.75. The monoisotopic (exact) mass is 287 g/mol. The lowest BCUT2D eigenvalue weighted by atomic mass is 10.1. The molecule has 0 aliphatic heterocycles. The Balaban J connectivity index is 2.03. The quantitative estimate of drug-likeness (QED) is 0.701. The van der Waals surface area contributed by atoms with Crippen LogP contribution in [0.15, 0.2) is 18.2 Å². The van der Waals surface area contributed by atoms with E-state index in [4.69, 9.17) is 5.73 Å². The molecule has 0 atom stereocenters. The molecule has 0 aromatic heterocycles. The van der Waals surface area contributed by atoms with Crippen LogP contribution in [0.3, 0.4) is 0 Å². The molecule has 0 unspecified atom stereocenters. The number of carbonyl (C=O) groups excluding carboxylic acids is 1. The number of rotatable bonds is 6. The summed E-state index contributed by atoms with van der Waals surface area (Å²) in [6, 6.07) is 3.99. The fourth-order valence-electron chi connectivity index (χ4n) is 1.87. The Labute approximate surface area is 114 Å². The number of carbonyl (C=O) groups is 1. The summed E-state index contributed by atoms with van der Waals surface area (Å²) in [4.78, 5) is 11.0. The van der Waals surface area contributed by atoms with E-state index >= 15 is 0 Å². The van der Waals surface area contributed by atoms with E-state index in [1.807, 2.05) is 0 Å². The van der Waals surface area contributed by atoms with Crippen LogP contribution < -0.4 is 16.4 Å². The van der Waals surface area contributed by atoms with E-state index < -0.39 is 23.2 Å². The fraction of sp³-hybridized carbons (Fsp3) is 0.462. The zero-order valence-corrected chi connectivity index (χ0v) is 10.8. The van der Waals surface area contributed by atoms with Gasteiger partial charge in [-0.1, -0.05) is 0 Å². The Bertz CT molecular complexity index is 498. The zero-order valence-electron chi connectivity index (χ0n) is 10.8. The fourth-order valence-corrected chi connectivity index (χ4v) is 1.87. The molecule has 1 aromatic rings. The smallest absolute Gasteiger partial charge is 0.384 e. The highest BCUT2D eigenvalue weighted by Crippen LogP contribution is 2.33. The van der Waals surface area contributed by atoms with Crippen molar-refractivity contribution in [2.24, 2.45) is 5.73 Å². The highest BCUT2D eigenvalue weighted by molar-refractivity contribution is 5.95. The van der Waals surface area contributed by atoms with Crippen molar-refractivity contribution in [1.82, 2.24) is 5.32 Å². The molecule has 1 saturated carbocycles. The van der Waals surface area contributed by atoms with Crippen molar-refractivity contribution >= 4 is 11.6 Å². The number of nitrogens with one attached hydrogen (secondary N) is 2. The van der Waals surface area contributed by atoms with Gasteiger partial charge in [0.15, 0.2) is 0 Å². The number of anilines is 1. The van der Waals surface area contributed by atoms with E-state index in [9.17, 15) is 18.0 Å². The molecule has 7 heteroatoms. The summed E-state index contributed by atoms with van der Waals surface area (Å²) in [6.45, 7) is 1.20. The molecule has 4 nitrogen and oxygen atoms in total. The third kappa shape index (κ3) is 3.86. The molecule has 0 bridgehead atoms. The first kappa shape index (κ1) is 14.6. The molecule has 1 aliphatic rings. The minimum atomic E-state index is -4.60. The number of primary amides is 1. The average molecular weight is 287 g/mol. The summed E-state index contributed by atoms with van der Waals surface area (Å²) in [6.07, 6.45) is -2.29. The van der Waals surface area contributed by atoms with Crippen LogP contribution >= 0.6 is 0 Å². The third-order valence-electron chi connectivity index (χ3n) is 3.05. The van der Waals surface area contributed by atoms with Crippen LogP contribution in [0.1, 0.15) is 28.8 Å². The van der Waals surface area contributed by atoms with Crippen LogP contribution in [0.25, 0.3) is 0 Å². The van der Waals surface area contributed by atoms with Crippen molar-refractivity contribution in [2.75, 3.05) is 18.4 Å². The summed E-state index contributed by atoms with van der Waals surface area (Å²) >= 11 is 0. The zero-order chi connectivity index (χ0) is 14.8. The first-order valence-electron chi connectivity index (χ1n) is 6.36. The SMILES string of the molecule is NC(=O)c1ccc(NCCNC2CC2)cc1C(F)(F)F. The van der Waals surface area contributed by atoms with E-state index in [0.717, 1.165) is 25.0 Å². The molecule has 4 N–H and O–H groups in total. The van der Waals surface area contributed by atoms with Gasteiger partial charge >= 0.3 is 6.18 Å². The van der Waals surface area contributed by atoms with Crippen LogP contribution in [0.5, 0.6) is 0 Å². The summed E-state index contributed by atoms with van der Waals surface area (Å²) in [5, 5.41) is 6.13. The lowest BCUT2D eigenvalue weighted by Crippen LogP contribution is -2.24. The molecule has 110 valence electrons. The first-order chi connectivity index (χ1) is 9.38. The number of halogens is 3. The van der Waals surface area contributed by atoms with E-state index in [0.29, 0.717) is 24.8 Å². The van der Waals surface area contributed by atoms with Gasteiger partial charge in [-0.25, -0.2) is 0 Å². The minimum absolute atomic E-state index is 0.319. The van der Waals surface area contributed by atoms with Crippen molar-refractivity contribution in [1.29, 1.82) is 0 Å². The average Bonchev–Trinajstić information content (AvgIpc) is 3.17. The molecule has 0 heterocycles. The van der Waals surface area contributed by atoms with E-state index in [1.165, 1.54) is 6.07 Å². The molecule has 0 spiro atoms. The lowest BCUT2D eigenvalue weighted by molar-refractivity contribution is -0.137. The number of hydrogen-bond acceptors (Lipinski definition) is 3. The Hall–Kier alpha value is -1.76. The molecule has 2 rings (SSSR count). The topological polar surface area (TPSA) is 67.2 Å². The highest BCUT2D eigenvalue weighted by atomic mass is 19.4. The van der Waals surface area contributed by atoms with Crippen molar-refractivity contribution in [3.63, 3.8) is 0 Å². The third-order valence-corrected chi connectivity index (χ3v) is 3.05. The highest BCUT2D eigenvalue weighted by Gasteiger charge is 2.35. The number of nitrogens with two attached hydrogens (primary N) is 1. The summed E-state index contributed by atoms with van der Waals surface area (Å²) in [7, 11) is 0. The lowest BCUT2D eigenvalue weighted by Gasteiger charge is -2.14. The summed E-state index contributed by atoms with van der Waals surface area (Å²) in [5.74, 6) is -1.08. The number of benzene rings is 1. The molecule has 1 aliphatic carbocycles. The second-order valence-corrected chi connectivity index (χ2v) is 4.78. The van der Waals surface area contributed by atoms with Crippen molar-refractivity contribution in [3.05, 3.63) is 29.3 Å². The molecule has 0 radical (unpaired) electrons. The maximum absolute atomic E-state index is 12.8. The second kappa shape index (κ2) is 5.70. The van der Waals surface area contributed by atoms with Crippen molar-refractivity contribution in [3.8, 4) is 0 Å². The van der Waals surface area contributed by atoms with Crippen LogP contribution in [0.2, 0.25) is 0 Å². The Morgan fingerprint density at radius 1 is 1.30 bits per heavy atom. The number of amides is 1. The maximum Gasteiger partial charge on any atom is 0.417 e. The van der Waals surface area contributed by atoms with Gasteiger partial charge in [-0.3, -0.25) is 4.79 Å². The first-order valence-corrected chi connectivity index (χ1v) is 6.36. The maximum atomic E-state index is 12.8. The molecular formula is C13H16F3N3O. The Morgan fingerprint density at radius 3 is 2.55 bits per heavy atom. The van der Waals surface area contributed by atoms with Crippen LogP contribution in [0, 0.1) is 0 Å². The largest absolute Gasteiger partial charge is 0.417 e. The number of hydrogen-bond donors (Lipinski definition) is 3. The predicted molar refractivity (Wildman–Crippen MR) is 69.5 cm³/mol. The van der Waals surface area contributed by atoms with Gasteiger partial charge in [-0.05, 0) is 31.0 Å². The van der Waals surface area contributed by atoms with Crippen molar-refractivity contribution in [2.45, 2.75) is 25.1 Å². The van der Waals surface area contributed by atoms with Crippen LogP contribution in [-0.2, 0) is 6.18 Å². The molecule has 0 saturated heterocycles. The summed E-state index contributed by atoms with van der Waals surface area (Å²) < 4.78 is 38.5. The minimum Gasteiger partial charge on any atom is -0.384 e. The van der Waals surface area contributed by atoms with Gasteiger partial charge in [0, 0.05) is 24.8 Å². The molecule has 1 fully saturated rings. The van der Waals surface area contributed by atoms with Crippen molar-refractivity contribution < 1.29 is 18.0 Å². The van der Waals surface area contributed by atoms with E-state index in [1.54, 1.807) is 0 Å². The van der Waals surface area contributed by atoms with Gasteiger partial charge in [0.1, 0.15) is 0 Å². The molecule has 1 amide bonds. The normalized spacial score (nSPS) is 15.2. The second-order valence-electron chi connectivity index (χ2n) is 4.78. The van der Waals surface area contributed by atoms with Gasteiger partial charge in [0.05, 0.1) is 11.1 Å². The standard InChI is InChI=1S/C13H16F3N3O/c14-13(15,16)11-7-9(3-4-10(11)12(17)20)19-6-5-18-8-1-2-8/h3-4,7-8,18-19H,1-2,5-6H2,(H2,17,20). The number of alkyl halides is 3. The Kier molecular flexibility index (Phi) is 4.17. The van der Waals surface area contributed by atoms with Gasteiger partial charge in [-0.15, -0.1) is 0 Å². The van der Waals surface area contributed by atoms with Gasteiger partial charge < -0.3 is 16.4 Å². The van der Waals surface area contributed by atoms with Gasteiger partial charge in [0.2, 0.25) is 5.91 Å². The molecular weight excluding hydrogens is 271 g/mol. The molecule has 1 aromatic carbocycles. The van der Waals surface area contributed by atoms with E-state index in [-0.39, 0.29) is 0 Å². The van der Waals surface area contributed by atoms with Crippen LogP contribution in [0.4, 0.5) is 18.9 Å².